The number of hydrogen-bond acceptors (Lipinski definition) is 3. The van der Waals surface area contributed by atoms with Crippen molar-refractivity contribution < 1.29 is 0 Å². The molecule has 3 aromatic rings. The second-order valence-electron chi connectivity index (χ2n) is 6.66. The molecule has 134 valence electrons. The minimum atomic E-state index is -0.364. The van der Waals surface area contributed by atoms with Crippen LogP contribution in [0.2, 0.25) is 5.02 Å². The van der Waals surface area contributed by atoms with Gasteiger partial charge in [-0.15, -0.1) is 0 Å². The van der Waals surface area contributed by atoms with Crippen LogP contribution >= 0.6 is 11.6 Å². The number of nitriles is 1. The van der Waals surface area contributed by atoms with Crippen LogP contribution in [0.4, 0.5) is 5.82 Å². The van der Waals surface area contributed by atoms with E-state index in [2.05, 4.69) is 23.2 Å². The van der Waals surface area contributed by atoms with Crippen molar-refractivity contribution in [3.05, 3.63) is 70.7 Å². The molecular formula is C22H19ClN4. The van der Waals surface area contributed by atoms with Gasteiger partial charge in [0, 0.05) is 22.2 Å². The highest BCUT2D eigenvalue weighted by atomic mass is 35.5. The Morgan fingerprint density at radius 3 is 2.56 bits per heavy atom. The SMILES string of the molecule is CCCC1=Nc2n[nH]c(-c3ccccc3)c2C(c2ccccc2Cl)C1C#N. The number of benzene rings is 2. The molecule has 0 spiro atoms. The summed E-state index contributed by atoms with van der Waals surface area (Å²) >= 11 is 6.56. The Balaban J connectivity index is 1.97. The van der Waals surface area contributed by atoms with Crippen molar-refractivity contribution in [1.82, 2.24) is 10.2 Å². The maximum Gasteiger partial charge on any atom is 0.178 e. The van der Waals surface area contributed by atoms with Crippen LogP contribution in [0.25, 0.3) is 11.3 Å². The average molecular weight is 375 g/mol. The molecule has 0 aliphatic carbocycles. The summed E-state index contributed by atoms with van der Waals surface area (Å²) in [5, 5.41) is 18.3. The molecule has 0 fully saturated rings. The van der Waals surface area contributed by atoms with E-state index in [1.165, 1.54) is 0 Å². The molecular weight excluding hydrogens is 356 g/mol. The maximum atomic E-state index is 10.0. The van der Waals surface area contributed by atoms with Gasteiger partial charge in [0.2, 0.25) is 0 Å². The molecule has 0 bridgehead atoms. The molecule has 5 heteroatoms. The Morgan fingerprint density at radius 1 is 1.11 bits per heavy atom. The van der Waals surface area contributed by atoms with Crippen LogP contribution in [0.15, 0.2) is 59.6 Å². The van der Waals surface area contributed by atoms with E-state index in [9.17, 15) is 5.26 Å². The molecule has 0 saturated heterocycles. The number of hydrogen-bond donors (Lipinski definition) is 1. The highest BCUT2D eigenvalue weighted by molar-refractivity contribution is 6.31. The van der Waals surface area contributed by atoms with Crippen molar-refractivity contribution in [1.29, 1.82) is 5.26 Å². The second-order valence-corrected chi connectivity index (χ2v) is 7.07. The number of nitrogens with one attached hydrogen (secondary N) is 1. The molecule has 0 radical (unpaired) electrons. The molecule has 0 saturated carbocycles. The molecule has 0 amide bonds. The summed E-state index contributed by atoms with van der Waals surface area (Å²) < 4.78 is 0. The van der Waals surface area contributed by atoms with E-state index in [1.54, 1.807) is 0 Å². The Kier molecular flexibility index (Phi) is 4.79. The number of rotatable bonds is 4. The van der Waals surface area contributed by atoms with Crippen molar-refractivity contribution in [2.24, 2.45) is 10.9 Å². The highest BCUT2D eigenvalue weighted by Crippen LogP contribution is 2.47. The van der Waals surface area contributed by atoms with Gasteiger partial charge in [-0.05, 0) is 23.6 Å². The Hall–Kier alpha value is -2.90. The summed E-state index contributed by atoms with van der Waals surface area (Å²) in [6.45, 7) is 2.09. The van der Waals surface area contributed by atoms with Gasteiger partial charge in [-0.25, -0.2) is 4.99 Å². The van der Waals surface area contributed by atoms with Gasteiger partial charge in [0.05, 0.1) is 17.7 Å². The Labute approximate surface area is 163 Å². The van der Waals surface area contributed by atoms with Crippen LogP contribution in [0.3, 0.4) is 0 Å². The predicted octanol–water partition coefficient (Wildman–Crippen LogP) is 5.89. The first-order valence-electron chi connectivity index (χ1n) is 9.09. The topological polar surface area (TPSA) is 64.8 Å². The lowest BCUT2D eigenvalue weighted by molar-refractivity contribution is 0.701. The molecule has 4 rings (SSSR count). The molecule has 2 atom stereocenters. The molecule has 2 unspecified atom stereocenters. The first kappa shape index (κ1) is 17.5. The van der Waals surface area contributed by atoms with Crippen LogP contribution in [0.1, 0.15) is 36.8 Å². The monoisotopic (exact) mass is 374 g/mol. The van der Waals surface area contributed by atoms with Crippen LogP contribution < -0.4 is 0 Å². The maximum absolute atomic E-state index is 10.0. The van der Waals surface area contributed by atoms with Crippen molar-refractivity contribution in [2.75, 3.05) is 0 Å². The fourth-order valence-corrected chi connectivity index (χ4v) is 4.04. The van der Waals surface area contributed by atoms with Crippen LogP contribution in [-0.4, -0.2) is 15.9 Å². The number of aromatic amines is 1. The third-order valence-corrected chi connectivity index (χ3v) is 5.33. The van der Waals surface area contributed by atoms with Gasteiger partial charge in [0.25, 0.3) is 0 Å². The lowest BCUT2D eigenvalue weighted by Gasteiger charge is -2.28. The average Bonchev–Trinajstić information content (AvgIpc) is 3.12. The zero-order chi connectivity index (χ0) is 18.8. The number of fused-ring (bicyclic) bond motifs is 1. The quantitative estimate of drug-likeness (QED) is 0.618. The molecule has 2 heterocycles. The van der Waals surface area contributed by atoms with E-state index in [0.717, 1.165) is 40.9 Å². The van der Waals surface area contributed by atoms with Gasteiger partial charge in [-0.1, -0.05) is 73.5 Å². The van der Waals surface area contributed by atoms with Crippen LogP contribution in [-0.2, 0) is 0 Å². The number of halogens is 1. The zero-order valence-corrected chi connectivity index (χ0v) is 15.7. The minimum Gasteiger partial charge on any atom is -0.275 e. The van der Waals surface area contributed by atoms with Gasteiger partial charge in [0.15, 0.2) is 5.82 Å². The number of H-pyrrole nitrogens is 1. The largest absolute Gasteiger partial charge is 0.275 e. The van der Waals surface area contributed by atoms with E-state index in [0.29, 0.717) is 10.8 Å². The van der Waals surface area contributed by atoms with Gasteiger partial charge >= 0.3 is 0 Å². The fourth-order valence-electron chi connectivity index (χ4n) is 3.79. The predicted molar refractivity (Wildman–Crippen MR) is 108 cm³/mol. The zero-order valence-electron chi connectivity index (χ0n) is 15.0. The van der Waals surface area contributed by atoms with Crippen LogP contribution in [0, 0.1) is 17.2 Å². The summed E-state index contributed by atoms with van der Waals surface area (Å²) in [6.07, 6.45) is 1.70. The van der Waals surface area contributed by atoms with Crippen molar-refractivity contribution in [2.45, 2.75) is 25.7 Å². The third kappa shape index (κ3) is 3.05. The number of aliphatic imine (C=N–C) groups is 1. The summed E-state index contributed by atoms with van der Waals surface area (Å²) in [7, 11) is 0. The van der Waals surface area contributed by atoms with E-state index in [4.69, 9.17) is 16.6 Å². The van der Waals surface area contributed by atoms with E-state index < -0.39 is 0 Å². The van der Waals surface area contributed by atoms with E-state index in [-0.39, 0.29) is 11.8 Å². The summed E-state index contributed by atoms with van der Waals surface area (Å²) in [5.41, 5.74) is 4.68. The highest BCUT2D eigenvalue weighted by Gasteiger charge is 2.38. The summed E-state index contributed by atoms with van der Waals surface area (Å²) in [5.74, 6) is 0.0952. The molecule has 1 N–H and O–H groups in total. The van der Waals surface area contributed by atoms with E-state index >= 15 is 0 Å². The second kappa shape index (κ2) is 7.38. The Morgan fingerprint density at radius 2 is 1.85 bits per heavy atom. The number of nitrogens with zero attached hydrogens (tertiary/aromatic N) is 3. The first-order chi connectivity index (χ1) is 13.2. The first-order valence-corrected chi connectivity index (χ1v) is 9.47. The molecule has 1 aromatic heterocycles. The molecule has 27 heavy (non-hydrogen) atoms. The van der Waals surface area contributed by atoms with Gasteiger partial charge < -0.3 is 0 Å². The normalized spacial score (nSPS) is 18.5. The lowest BCUT2D eigenvalue weighted by Crippen LogP contribution is -2.25. The van der Waals surface area contributed by atoms with Crippen molar-refractivity contribution in [3.8, 4) is 17.3 Å². The van der Waals surface area contributed by atoms with Crippen LogP contribution in [0.5, 0.6) is 0 Å². The summed E-state index contributed by atoms with van der Waals surface area (Å²) in [4.78, 5) is 4.75. The fraction of sp³-hybridized carbons (Fsp3) is 0.227. The molecule has 1 aliphatic heterocycles. The third-order valence-electron chi connectivity index (χ3n) is 4.98. The molecule has 2 aromatic carbocycles. The van der Waals surface area contributed by atoms with Gasteiger partial charge in [0.1, 0.15) is 0 Å². The van der Waals surface area contributed by atoms with Crippen molar-refractivity contribution in [3.63, 3.8) is 0 Å². The smallest absolute Gasteiger partial charge is 0.178 e. The lowest BCUT2D eigenvalue weighted by atomic mass is 9.75. The minimum absolute atomic E-state index is 0.202. The van der Waals surface area contributed by atoms with Gasteiger partial charge in [-0.2, -0.15) is 10.4 Å². The van der Waals surface area contributed by atoms with Gasteiger partial charge in [-0.3, -0.25) is 5.10 Å². The molecule has 1 aliphatic rings. The summed E-state index contributed by atoms with van der Waals surface area (Å²) in [6, 6.07) is 20.3. The molecule has 4 nitrogen and oxygen atoms in total. The van der Waals surface area contributed by atoms with E-state index in [1.807, 2.05) is 54.6 Å². The van der Waals surface area contributed by atoms with Crippen molar-refractivity contribution >= 4 is 23.1 Å². The standard InChI is InChI=1S/C22H19ClN4/c1-2-8-18-16(13-24)19(15-11-6-7-12-17(15)23)20-21(26-27-22(20)25-18)14-9-4-3-5-10-14/h3-7,9-12,16,19H,2,8H2,1H3,(H,26,27). The Bertz CT molecular complexity index is 1030. The number of aromatic nitrogens is 2.